The Labute approximate surface area is 120 Å². The SMILES string of the molecule is COc1ccc(Cl)cc1CN(CCCO)CC(F)(F)F. The number of benzene rings is 1. The normalized spacial score (nSPS) is 11.9. The fraction of sp³-hybridized carbons (Fsp3) is 0.538. The summed E-state index contributed by atoms with van der Waals surface area (Å²) in [4.78, 5) is 1.21. The maximum atomic E-state index is 12.5. The van der Waals surface area contributed by atoms with Crippen LogP contribution >= 0.6 is 11.6 Å². The number of aliphatic hydroxyl groups excluding tert-OH is 1. The molecule has 0 aliphatic heterocycles. The summed E-state index contributed by atoms with van der Waals surface area (Å²) in [7, 11) is 1.45. The lowest BCUT2D eigenvalue weighted by molar-refractivity contribution is -0.147. The molecule has 114 valence electrons. The zero-order valence-electron chi connectivity index (χ0n) is 11.1. The van der Waals surface area contributed by atoms with Crippen LogP contribution in [0, 0.1) is 0 Å². The van der Waals surface area contributed by atoms with E-state index in [1.54, 1.807) is 18.2 Å². The number of nitrogens with zero attached hydrogens (tertiary/aromatic N) is 1. The molecule has 0 aliphatic rings. The predicted molar refractivity (Wildman–Crippen MR) is 71.0 cm³/mol. The first-order valence-corrected chi connectivity index (χ1v) is 6.46. The molecule has 0 spiro atoms. The zero-order chi connectivity index (χ0) is 15.2. The van der Waals surface area contributed by atoms with Crippen LogP contribution in [0.15, 0.2) is 18.2 Å². The van der Waals surface area contributed by atoms with Gasteiger partial charge in [-0.25, -0.2) is 0 Å². The topological polar surface area (TPSA) is 32.7 Å². The molecule has 0 aliphatic carbocycles. The molecule has 0 fully saturated rings. The molecule has 1 aromatic rings. The van der Waals surface area contributed by atoms with Gasteiger partial charge in [-0.15, -0.1) is 0 Å². The third-order valence-corrected chi connectivity index (χ3v) is 2.91. The fourth-order valence-corrected chi connectivity index (χ4v) is 2.07. The summed E-state index contributed by atoms with van der Waals surface area (Å²) in [6.45, 7) is -0.987. The van der Waals surface area contributed by atoms with Gasteiger partial charge in [0.25, 0.3) is 0 Å². The maximum absolute atomic E-state index is 12.5. The average Bonchev–Trinajstić information content (AvgIpc) is 2.34. The molecule has 7 heteroatoms. The van der Waals surface area contributed by atoms with Gasteiger partial charge in [-0.05, 0) is 24.6 Å². The first kappa shape index (κ1) is 17.1. The number of rotatable bonds is 7. The summed E-state index contributed by atoms with van der Waals surface area (Å²) in [5.74, 6) is 0.491. The second-order valence-corrected chi connectivity index (χ2v) is 4.80. The molecule has 0 saturated carbocycles. The molecule has 20 heavy (non-hydrogen) atoms. The highest BCUT2D eigenvalue weighted by atomic mass is 35.5. The highest BCUT2D eigenvalue weighted by Gasteiger charge is 2.30. The van der Waals surface area contributed by atoms with Gasteiger partial charge in [0, 0.05) is 30.3 Å². The van der Waals surface area contributed by atoms with Crippen molar-refractivity contribution in [2.24, 2.45) is 0 Å². The lowest BCUT2D eigenvalue weighted by Gasteiger charge is -2.24. The van der Waals surface area contributed by atoms with E-state index >= 15 is 0 Å². The Hall–Kier alpha value is -0.980. The van der Waals surface area contributed by atoms with Crippen molar-refractivity contribution in [1.82, 2.24) is 4.90 Å². The quantitative estimate of drug-likeness (QED) is 0.840. The summed E-state index contributed by atoms with van der Waals surface area (Å²) in [5.41, 5.74) is 0.585. The molecule has 0 unspecified atom stereocenters. The number of hydrogen-bond donors (Lipinski definition) is 1. The molecule has 3 nitrogen and oxygen atoms in total. The third-order valence-electron chi connectivity index (χ3n) is 2.67. The lowest BCUT2D eigenvalue weighted by atomic mass is 10.2. The lowest BCUT2D eigenvalue weighted by Crippen LogP contribution is -2.35. The molecule has 0 amide bonds. The summed E-state index contributed by atoms with van der Waals surface area (Å²) >= 11 is 5.86. The Bertz CT molecular complexity index is 427. The van der Waals surface area contributed by atoms with Gasteiger partial charge in [0.1, 0.15) is 5.75 Å². The molecule has 1 N–H and O–H groups in total. The summed E-state index contributed by atoms with van der Waals surface area (Å²) in [5, 5.41) is 9.21. The first-order chi connectivity index (χ1) is 9.35. The van der Waals surface area contributed by atoms with Gasteiger partial charge < -0.3 is 9.84 Å². The average molecular weight is 312 g/mol. The molecule has 0 bridgehead atoms. The van der Waals surface area contributed by atoms with Crippen molar-refractivity contribution in [3.63, 3.8) is 0 Å². The molecule has 0 saturated heterocycles. The van der Waals surface area contributed by atoms with Gasteiger partial charge in [0.05, 0.1) is 13.7 Å². The van der Waals surface area contributed by atoms with E-state index in [2.05, 4.69) is 0 Å². The smallest absolute Gasteiger partial charge is 0.401 e. The van der Waals surface area contributed by atoms with Crippen LogP contribution in [-0.2, 0) is 6.54 Å². The van der Waals surface area contributed by atoms with Crippen LogP contribution < -0.4 is 4.74 Å². The van der Waals surface area contributed by atoms with Gasteiger partial charge >= 0.3 is 6.18 Å². The largest absolute Gasteiger partial charge is 0.496 e. The zero-order valence-corrected chi connectivity index (χ0v) is 11.8. The second-order valence-electron chi connectivity index (χ2n) is 4.36. The first-order valence-electron chi connectivity index (χ1n) is 6.08. The number of halogens is 4. The number of methoxy groups -OCH3 is 1. The summed E-state index contributed by atoms with van der Waals surface area (Å²) in [6.07, 6.45) is -4.01. The number of ether oxygens (including phenoxy) is 1. The highest BCUT2D eigenvalue weighted by Crippen LogP contribution is 2.25. The van der Waals surface area contributed by atoms with Crippen LogP contribution in [-0.4, -0.2) is 43.0 Å². The molecular weight excluding hydrogens is 295 g/mol. The molecule has 0 heterocycles. The van der Waals surface area contributed by atoms with Crippen molar-refractivity contribution >= 4 is 11.6 Å². The van der Waals surface area contributed by atoms with Crippen molar-refractivity contribution in [1.29, 1.82) is 0 Å². The van der Waals surface area contributed by atoms with Crippen LogP contribution in [0.1, 0.15) is 12.0 Å². The fourth-order valence-electron chi connectivity index (χ4n) is 1.87. The van der Waals surface area contributed by atoms with Crippen LogP contribution in [0.3, 0.4) is 0 Å². The van der Waals surface area contributed by atoms with E-state index in [1.165, 1.54) is 12.0 Å². The standard InChI is InChI=1S/C13H17ClF3NO2/c1-20-12-4-3-11(14)7-10(12)8-18(5-2-6-19)9-13(15,16)17/h3-4,7,19H,2,5-6,8-9H2,1H3. The minimum absolute atomic E-state index is 0.0588. The van der Waals surface area contributed by atoms with Gasteiger partial charge in [-0.3, -0.25) is 4.90 Å². The minimum Gasteiger partial charge on any atom is -0.496 e. The van der Waals surface area contributed by atoms with Crippen molar-refractivity contribution in [3.05, 3.63) is 28.8 Å². The van der Waals surface area contributed by atoms with E-state index in [1.807, 2.05) is 0 Å². The van der Waals surface area contributed by atoms with Gasteiger partial charge in [0.2, 0.25) is 0 Å². The summed E-state index contributed by atoms with van der Waals surface area (Å²) in [6, 6.07) is 4.82. The predicted octanol–water partition coefficient (Wildman–Crippen LogP) is 3.10. The Morgan fingerprint density at radius 2 is 2.05 bits per heavy atom. The maximum Gasteiger partial charge on any atom is 0.401 e. The van der Waals surface area contributed by atoms with Crippen LogP contribution in [0.5, 0.6) is 5.75 Å². The number of hydrogen-bond acceptors (Lipinski definition) is 3. The van der Waals surface area contributed by atoms with Crippen molar-refractivity contribution in [2.75, 3.05) is 26.8 Å². The molecule has 1 rings (SSSR count). The molecule has 0 aromatic heterocycles. The Morgan fingerprint density at radius 3 is 2.60 bits per heavy atom. The Morgan fingerprint density at radius 1 is 1.35 bits per heavy atom. The van der Waals surface area contributed by atoms with Crippen LogP contribution in [0.25, 0.3) is 0 Å². The molecule has 0 radical (unpaired) electrons. The molecular formula is C13H17ClF3NO2. The van der Waals surface area contributed by atoms with Gasteiger partial charge in [0.15, 0.2) is 0 Å². The Balaban J connectivity index is 2.85. The van der Waals surface area contributed by atoms with Crippen molar-refractivity contribution in [3.8, 4) is 5.75 Å². The molecule has 1 aromatic carbocycles. The number of alkyl halides is 3. The summed E-state index contributed by atoms with van der Waals surface area (Å²) < 4.78 is 42.7. The van der Waals surface area contributed by atoms with Crippen molar-refractivity contribution in [2.45, 2.75) is 19.1 Å². The number of aliphatic hydroxyl groups is 1. The Kier molecular flexibility index (Phi) is 6.58. The molecule has 0 atom stereocenters. The van der Waals surface area contributed by atoms with E-state index in [0.717, 1.165) is 0 Å². The van der Waals surface area contributed by atoms with Crippen LogP contribution in [0.4, 0.5) is 13.2 Å². The van der Waals surface area contributed by atoms with E-state index in [-0.39, 0.29) is 26.1 Å². The monoisotopic (exact) mass is 311 g/mol. The van der Waals surface area contributed by atoms with E-state index in [9.17, 15) is 13.2 Å². The minimum atomic E-state index is -4.29. The third kappa shape index (κ3) is 5.98. The van der Waals surface area contributed by atoms with E-state index in [4.69, 9.17) is 21.4 Å². The van der Waals surface area contributed by atoms with Gasteiger partial charge in [-0.2, -0.15) is 13.2 Å². The van der Waals surface area contributed by atoms with E-state index in [0.29, 0.717) is 16.3 Å². The van der Waals surface area contributed by atoms with Crippen LogP contribution in [0.2, 0.25) is 5.02 Å². The highest BCUT2D eigenvalue weighted by molar-refractivity contribution is 6.30. The second kappa shape index (κ2) is 7.71. The van der Waals surface area contributed by atoms with E-state index < -0.39 is 12.7 Å². The van der Waals surface area contributed by atoms with Gasteiger partial charge in [-0.1, -0.05) is 11.6 Å². The van der Waals surface area contributed by atoms with Crippen molar-refractivity contribution < 1.29 is 23.0 Å².